The molecule has 5 aliphatic rings. The van der Waals surface area contributed by atoms with Crippen LogP contribution < -0.4 is 0 Å². The van der Waals surface area contributed by atoms with Crippen molar-refractivity contribution in [2.24, 2.45) is 0 Å². The molecule has 3 nitrogen and oxygen atoms in total. The Kier molecular flexibility index (Phi) is 12.6. The van der Waals surface area contributed by atoms with Crippen molar-refractivity contribution < 1.29 is 4.48 Å². The van der Waals surface area contributed by atoms with Gasteiger partial charge < -0.3 is 4.48 Å². The molecule has 3 aromatic carbocycles. The number of benzene rings is 3. The van der Waals surface area contributed by atoms with Gasteiger partial charge in [0.25, 0.3) is 0 Å². The molecule has 0 radical (unpaired) electrons. The quantitative estimate of drug-likeness (QED) is 0.128. The highest BCUT2D eigenvalue weighted by Crippen LogP contribution is 2.44. The summed E-state index contributed by atoms with van der Waals surface area (Å²) in [5, 5.41) is 5.74. The van der Waals surface area contributed by atoms with Crippen LogP contribution in [-0.2, 0) is 64.7 Å². The minimum Gasteiger partial charge on any atom is -0.308 e. The Hall–Kier alpha value is -3.56. The number of pyridine rings is 2. The molecule has 3 heteroatoms. The average molecular weight is 735 g/mol. The molecule has 0 amide bonds. The third-order valence-corrected chi connectivity index (χ3v) is 13.8. The number of hydrogen-bond acceptors (Lipinski definition) is 2. The maximum Gasteiger partial charge on any atom is 0.107 e. The molecule has 5 aromatic rings. The van der Waals surface area contributed by atoms with Gasteiger partial charge in [0.05, 0.1) is 0 Å². The second-order valence-electron chi connectivity index (χ2n) is 17.8. The van der Waals surface area contributed by atoms with Crippen molar-refractivity contribution in [3.63, 3.8) is 0 Å². The molecule has 0 unspecified atom stereocenters. The van der Waals surface area contributed by atoms with Gasteiger partial charge in [-0.3, -0.25) is 9.97 Å². The molecule has 0 saturated heterocycles. The fourth-order valence-electron chi connectivity index (χ4n) is 10.8. The van der Waals surface area contributed by atoms with Crippen molar-refractivity contribution in [2.75, 3.05) is 0 Å². The Morgan fingerprint density at radius 2 is 0.782 bits per heavy atom. The Morgan fingerprint density at radius 3 is 1.16 bits per heavy atom. The summed E-state index contributed by atoms with van der Waals surface area (Å²) >= 11 is 0. The van der Waals surface area contributed by atoms with Gasteiger partial charge in [-0.15, -0.1) is 0 Å². The van der Waals surface area contributed by atoms with E-state index in [1.54, 1.807) is 11.1 Å². The van der Waals surface area contributed by atoms with Crippen molar-refractivity contribution in [3.8, 4) is 0 Å². The van der Waals surface area contributed by atoms with Crippen molar-refractivity contribution >= 4 is 21.5 Å². The first-order valence-corrected chi connectivity index (χ1v) is 22.9. The predicted molar refractivity (Wildman–Crippen MR) is 232 cm³/mol. The number of rotatable bonds is 6. The molecule has 290 valence electrons. The van der Waals surface area contributed by atoms with E-state index in [2.05, 4.69) is 74.5 Å². The monoisotopic (exact) mass is 735 g/mol. The second kappa shape index (κ2) is 18.1. The molecule has 0 saturated carbocycles. The van der Waals surface area contributed by atoms with E-state index in [0.29, 0.717) is 0 Å². The fraction of sp³-hybridized carbons (Fsp3) is 0.538. The predicted octanol–water partition coefficient (Wildman–Crippen LogP) is 13.6. The zero-order valence-electron chi connectivity index (χ0n) is 34.5. The van der Waals surface area contributed by atoms with E-state index < -0.39 is 0 Å². The Morgan fingerprint density at radius 1 is 0.436 bits per heavy atom. The lowest BCUT2D eigenvalue weighted by molar-refractivity contribution is -0.972. The topological polar surface area (TPSA) is 25.8 Å². The maximum atomic E-state index is 5.62. The van der Waals surface area contributed by atoms with Crippen molar-refractivity contribution in [2.45, 2.75) is 181 Å². The van der Waals surface area contributed by atoms with Crippen LogP contribution in [0.1, 0.15) is 173 Å². The summed E-state index contributed by atoms with van der Waals surface area (Å²) in [6.07, 6.45) is 28.2. The minimum atomic E-state index is 1.03. The van der Waals surface area contributed by atoms with Gasteiger partial charge in [0, 0.05) is 45.0 Å². The summed E-state index contributed by atoms with van der Waals surface area (Å²) in [7, 11) is 0. The highest BCUT2D eigenvalue weighted by Gasteiger charge is 2.40. The van der Waals surface area contributed by atoms with Gasteiger partial charge in [-0.05, 0) is 109 Å². The van der Waals surface area contributed by atoms with E-state index >= 15 is 0 Å². The molecule has 0 spiro atoms. The Labute approximate surface area is 333 Å². The Balaban J connectivity index is 1.27. The fourth-order valence-corrected chi connectivity index (χ4v) is 10.8. The number of nitrogens with zero attached hydrogens (tertiary/aromatic N) is 3. The average Bonchev–Trinajstić information content (AvgIpc) is 3.59. The van der Waals surface area contributed by atoms with E-state index in [0.717, 1.165) is 56.3 Å². The first-order valence-electron chi connectivity index (χ1n) is 22.9. The van der Waals surface area contributed by atoms with E-state index in [4.69, 9.17) is 9.97 Å². The van der Waals surface area contributed by atoms with Crippen LogP contribution in [-0.4, -0.2) is 14.5 Å². The van der Waals surface area contributed by atoms with Crippen molar-refractivity contribution in [1.29, 1.82) is 0 Å². The summed E-state index contributed by atoms with van der Waals surface area (Å²) in [5.74, 6) is 0. The zero-order valence-corrected chi connectivity index (χ0v) is 34.5. The van der Waals surface area contributed by atoms with Crippen LogP contribution in [0.25, 0.3) is 21.5 Å². The van der Waals surface area contributed by atoms with E-state index in [9.17, 15) is 0 Å². The molecule has 0 fully saturated rings. The molecule has 0 atom stereocenters. The van der Waals surface area contributed by atoms with E-state index in [1.807, 2.05) is 0 Å². The van der Waals surface area contributed by atoms with Crippen LogP contribution in [0.2, 0.25) is 0 Å². The summed E-state index contributed by atoms with van der Waals surface area (Å²) in [4.78, 5) is 11.2. The van der Waals surface area contributed by atoms with E-state index in [-0.39, 0.29) is 0 Å². The van der Waals surface area contributed by atoms with Gasteiger partial charge >= 0.3 is 0 Å². The normalized spacial score (nSPS) is 18.7. The Bertz CT molecular complexity index is 1930. The van der Waals surface area contributed by atoms with Crippen LogP contribution in [0.5, 0.6) is 0 Å². The molecule has 4 bridgehead atoms. The zero-order chi connectivity index (χ0) is 37.5. The standard InChI is InChI=1S/C52H68N3/c1-3-49-39-25-17-13-9-5-7-11-15-19-31-51(53-49)41(33-39)35-55(37-47-45-29-23-21-27-43(45)44-28-22-24-30-46(44)48(47)38-55)36-42-34-40-26-18-14-10-6-8-12-16-20-32-52(42)54-50(40)4-2/h21-24,27-30,33-34H,3-20,25-26,31-32,35-38H2,1-2H3/q+1. The number of aryl methyl sites for hydroxylation is 6. The molecule has 10 rings (SSSR count). The van der Waals surface area contributed by atoms with Crippen LogP contribution in [0.15, 0.2) is 60.7 Å². The van der Waals surface area contributed by atoms with Gasteiger partial charge in [-0.2, -0.15) is 0 Å². The third-order valence-electron chi connectivity index (χ3n) is 13.8. The van der Waals surface area contributed by atoms with Crippen molar-refractivity contribution in [3.05, 3.63) is 117 Å². The molecule has 2 aliphatic carbocycles. The number of fused-ring (bicyclic) bond motifs is 28. The van der Waals surface area contributed by atoms with Gasteiger partial charge in [0.15, 0.2) is 0 Å². The molecule has 0 N–H and O–H groups in total. The lowest BCUT2D eigenvalue weighted by Crippen LogP contribution is -2.42. The second-order valence-corrected chi connectivity index (χ2v) is 17.8. The van der Waals surface area contributed by atoms with Crippen LogP contribution in [0.3, 0.4) is 0 Å². The molecular weight excluding hydrogens is 667 g/mol. The first-order chi connectivity index (χ1) is 27.1. The largest absolute Gasteiger partial charge is 0.308 e. The first kappa shape index (κ1) is 38.3. The third kappa shape index (κ3) is 8.73. The van der Waals surface area contributed by atoms with Gasteiger partial charge in [0.2, 0.25) is 0 Å². The van der Waals surface area contributed by atoms with Crippen LogP contribution in [0.4, 0.5) is 0 Å². The summed E-state index contributed by atoms with van der Waals surface area (Å²) in [5.41, 5.74) is 14.8. The van der Waals surface area contributed by atoms with Gasteiger partial charge in [0.1, 0.15) is 26.2 Å². The maximum absolute atomic E-state index is 5.62. The highest BCUT2D eigenvalue weighted by molar-refractivity contribution is 6.10. The number of quaternary nitrogens is 1. The summed E-state index contributed by atoms with van der Waals surface area (Å²) in [6.45, 7) is 8.87. The lowest BCUT2D eigenvalue weighted by Gasteiger charge is -2.36. The molecule has 2 aromatic heterocycles. The SMILES string of the molecule is CCc1nc2c(C[N+]3(Cc4cc5c(CC)nc4CCCCCCCCCC5)Cc4c(c5ccccc5c5ccccc45)C3)cc1CCCCCCCCCC2. The number of hydrogen-bond donors (Lipinski definition) is 0. The molecule has 5 heterocycles. The van der Waals surface area contributed by atoms with Crippen LogP contribution in [0, 0.1) is 0 Å². The van der Waals surface area contributed by atoms with Gasteiger partial charge in [-0.1, -0.05) is 139 Å². The molecule has 3 aliphatic heterocycles. The summed E-state index contributed by atoms with van der Waals surface area (Å²) in [6, 6.07) is 23.9. The van der Waals surface area contributed by atoms with Gasteiger partial charge in [-0.25, -0.2) is 0 Å². The number of aromatic nitrogens is 2. The summed E-state index contributed by atoms with van der Waals surface area (Å²) < 4.78 is 1.03. The minimum absolute atomic E-state index is 1.03. The smallest absolute Gasteiger partial charge is 0.107 e. The van der Waals surface area contributed by atoms with Crippen molar-refractivity contribution in [1.82, 2.24) is 9.97 Å². The molecular formula is C52H68N3+. The lowest BCUT2D eigenvalue weighted by atomic mass is 9.93. The molecule has 55 heavy (non-hydrogen) atoms. The highest BCUT2D eigenvalue weighted by atomic mass is 15.4. The van der Waals surface area contributed by atoms with E-state index in [1.165, 1.54) is 182 Å². The van der Waals surface area contributed by atoms with Crippen LogP contribution >= 0.6 is 0 Å².